The molecule has 2 aliphatic rings. The van der Waals surface area contributed by atoms with Crippen molar-refractivity contribution < 1.29 is 4.74 Å². The summed E-state index contributed by atoms with van der Waals surface area (Å²) in [6, 6.07) is 0.612. The van der Waals surface area contributed by atoms with Crippen LogP contribution in [0.2, 0.25) is 0 Å². The lowest BCUT2D eigenvalue weighted by molar-refractivity contribution is -0.0205. The van der Waals surface area contributed by atoms with Crippen LogP contribution in [0.4, 0.5) is 0 Å². The highest BCUT2D eigenvalue weighted by Crippen LogP contribution is 2.37. The van der Waals surface area contributed by atoms with Crippen molar-refractivity contribution in [1.29, 1.82) is 0 Å². The standard InChI is InChI=1S/C14H23N3O/c1-2-18-13-6-12(7-13)17-10-16-9-14(17)11-4-3-5-15-8-11/h9-13,15H,2-8H2,1H3. The minimum atomic E-state index is 0.472. The molecule has 4 heteroatoms. The molecule has 18 heavy (non-hydrogen) atoms. The van der Waals surface area contributed by atoms with Crippen molar-refractivity contribution in [1.82, 2.24) is 14.9 Å². The molecule has 4 nitrogen and oxygen atoms in total. The minimum absolute atomic E-state index is 0.472. The van der Waals surface area contributed by atoms with Crippen LogP contribution in [0.5, 0.6) is 0 Å². The van der Waals surface area contributed by atoms with E-state index in [2.05, 4.69) is 28.0 Å². The molecule has 0 spiro atoms. The van der Waals surface area contributed by atoms with Gasteiger partial charge in [0.25, 0.3) is 0 Å². The molecule has 1 aliphatic carbocycles. The summed E-state index contributed by atoms with van der Waals surface area (Å²) < 4.78 is 8.04. The first-order valence-electron chi connectivity index (χ1n) is 7.22. The maximum Gasteiger partial charge on any atom is 0.0950 e. The Hall–Kier alpha value is -0.870. The highest BCUT2D eigenvalue weighted by molar-refractivity contribution is 5.11. The minimum Gasteiger partial charge on any atom is -0.378 e. The zero-order valence-corrected chi connectivity index (χ0v) is 11.1. The maximum absolute atomic E-state index is 5.65. The van der Waals surface area contributed by atoms with Gasteiger partial charge in [0, 0.05) is 37.0 Å². The van der Waals surface area contributed by atoms with Crippen LogP contribution < -0.4 is 5.32 Å². The number of hydrogen-bond donors (Lipinski definition) is 1. The molecule has 1 aromatic heterocycles. The quantitative estimate of drug-likeness (QED) is 0.888. The summed E-state index contributed by atoms with van der Waals surface area (Å²) >= 11 is 0. The number of hydrogen-bond acceptors (Lipinski definition) is 3. The van der Waals surface area contributed by atoms with Crippen LogP contribution in [0.15, 0.2) is 12.5 Å². The predicted octanol–water partition coefficient (Wildman–Crippen LogP) is 2.09. The van der Waals surface area contributed by atoms with E-state index in [0.717, 1.165) is 26.0 Å². The van der Waals surface area contributed by atoms with Gasteiger partial charge in [-0.25, -0.2) is 4.98 Å². The Balaban J connectivity index is 1.65. The molecular weight excluding hydrogens is 226 g/mol. The number of imidazole rings is 1. The second kappa shape index (κ2) is 5.41. The molecule has 1 saturated carbocycles. The Morgan fingerprint density at radius 1 is 1.50 bits per heavy atom. The number of piperidine rings is 1. The van der Waals surface area contributed by atoms with E-state index in [-0.39, 0.29) is 0 Å². The average Bonchev–Trinajstić information content (AvgIpc) is 2.83. The molecule has 0 radical (unpaired) electrons. The lowest BCUT2D eigenvalue weighted by Gasteiger charge is -2.37. The maximum atomic E-state index is 5.65. The molecule has 0 aromatic carbocycles. The molecule has 1 atom stereocenters. The summed E-state index contributed by atoms with van der Waals surface area (Å²) in [5.74, 6) is 0.646. The fourth-order valence-corrected chi connectivity index (χ4v) is 3.18. The van der Waals surface area contributed by atoms with Crippen LogP contribution in [0, 0.1) is 0 Å². The SMILES string of the molecule is CCOC1CC(n2cncc2C2CCCNC2)C1. The summed E-state index contributed by atoms with van der Waals surface area (Å²) in [4.78, 5) is 4.37. The van der Waals surface area contributed by atoms with Gasteiger partial charge < -0.3 is 14.6 Å². The number of nitrogens with zero attached hydrogens (tertiary/aromatic N) is 2. The lowest BCUT2D eigenvalue weighted by atomic mass is 9.87. The first-order valence-corrected chi connectivity index (χ1v) is 7.22. The van der Waals surface area contributed by atoms with Gasteiger partial charge in [0.1, 0.15) is 0 Å². The van der Waals surface area contributed by atoms with Gasteiger partial charge in [-0.3, -0.25) is 0 Å². The highest BCUT2D eigenvalue weighted by atomic mass is 16.5. The van der Waals surface area contributed by atoms with E-state index in [1.807, 2.05) is 6.33 Å². The van der Waals surface area contributed by atoms with Crippen molar-refractivity contribution in [2.75, 3.05) is 19.7 Å². The van der Waals surface area contributed by atoms with Crippen molar-refractivity contribution in [3.63, 3.8) is 0 Å². The second-order valence-corrected chi connectivity index (χ2v) is 5.47. The number of rotatable bonds is 4. The van der Waals surface area contributed by atoms with E-state index >= 15 is 0 Å². The molecule has 1 aliphatic heterocycles. The first kappa shape index (κ1) is 12.2. The van der Waals surface area contributed by atoms with Crippen molar-refractivity contribution in [2.45, 2.75) is 50.7 Å². The van der Waals surface area contributed by atoms with E-state index in [9.17, 15) is 0 Å². The molecular formula is C14H23N3O. The van der Waals surface area contributed by atoms with Gasteiger partial charge in [-0.1, -0.05) is 0 Å². The van der Waals surface area contributed by atoms with Crippen LogP contribution in [0.3, 0.4) is 0 Å². The van der Waals surface area contributed by atoms with Gasteiger partial charge in [0.15, 0.2) is 0 Å². The molecule has 0 amide bonds. The van der Waals surface area contributed by atoms with Gasteiger partial charge in [0.2, 0.25) is 0 Å². The first-order chi connectivity index (χ1) is 8.88. The molecule has 100 valence electrons. The molecule has 1 saturated heterocycles. The number of ether oxygens (including phenoxy) is 1. The molecule has 1 aromatic rings. The van der Waals surface area contributed by atoms with Crippen LogP contribution in [0.1, 0.15) is 50.3 Å². The van der Waals surface area contributed by atoms with Gasteiger partial charge >= 0.3 is 0 Å². The molecule has 2 heterocycles. The van der Waals surface area contributed by atoms with E-state index in [1.165, 1.54) is 25.1 Å². The third-order valence-corrected chi connectivity index (χ3v) is 4.28. The second-order valence-electron chi connectivity index (χ2n) is 5.47. The Kier molecular flexibility index (Phi) is 3.66. The molecule has 0 bridgehead atoms. The zero-order valence-electron chi connectivity index (χ0n) is 11.1. The fraction of sp³-hybridized carbons (Fsp3) is 0.786. The van der Waals surface area contributed by atoms with Gasteiger partial charge in [-0.2, -0.15) is 0 Å². The predicted molar refractivity (Wildman–Crippen MR) is 70.8 cm³/mol. The molecule has 1 unspecified atom stereocenters. The Morgan fingerprint density at radius 3 is 3.11 bits per heavy atom. The molecule has 1 N–H and O–H groups in total. The normalized spacial score (nSPS) is 32.2. The highest BCUT2D eigenvalue weighted by Gasteiger charge is 2.33. The Bertz CT molecular complexity index is 378. The molecule has 3 rings (SSSR count). The van der Waals surface area contributed by atoms with Gasteiger partial charge in [-0.15, -0.1) is 0 Å². The zero-order chi connectivity index (χ0) is 12.4. The van der Waals surface area contributed by atoms with Crippen molar-refractivity contribution in [2.24, 2.45) is 0 Å². The number of aromatic nitrogens is 2. The summed E-state index contributed by atoms with van der Waals surface area (Å²) in [5, 5.41) is 3.49. The van der Waals surface area contributed by atoms with Crippen molar-refractivity contribution in [3.05, 3.63) is 18.2 Å². The van der Waals surface area contributed by atoms with Crippen LogP contribution in [-0.4, -0.2) is 35.4 Å². The van der Waals surface area contributed by atoms with Gasteiger partial charge in [0.05, 0.1) is 12.4 Å². The lowest BCUT2D eigenvalue weighted by Crippen LogP contribution is -2.35. The summed E-state index contributed by atoms with van der Waals surface area (Å²) in [6.07, 6.45) is 9.42. The van der Waals surface area contributed by atoms with Crippen LogP contribution in [0.25, 0.3) is 0 Å². The van der Waals surface area contributed by atoms with Crippen LogP contribution >= 0.6 is 0 Å². The largest absolute Gasteiger partial charge is 0.378 e. The Morgan fingerprint density at radius 2 is 2.39 bits per heavy atom. The van der Waals surface area contributed by atoms with E-state index in [1.54, 1.807) is 0 Å². The average molecular weight is 249 g/mol. The van der Waals surface area contributed by atoms with E-state index < -0.39 is 0 Å². The monoisotopic (exact) mass is 249 g/mol. The Labute approximate surface area is 109 Å². The van der Waals surface area contributed by atoms with Crippen LogP contribution in [-0.2, 0) is 4.74 Å². The summed E-state index contributed by atoms with van der Waals surface area (Å²) in [6.45, 7) is 5.18. The van der Waals surface area contributed by atoms with E-state index in [0.29, 0.717) is 18.1 Å². The topological polar surface area (TPSA) is 39.1 Å². The van der Waals surface area contributed by atoms with Crippen molar-refractivity contribution >= 4 is 0 Å². The molecule has 2 fully saturated rings. The summed E-state index contributed by atoms with van der Waals surface area (Å²) in [5.41, 5.74) is 1.42. The van der Waals surface area contributed by atoms with Crippen molar-refractivity contribution in [3.8, 4) is 0 Å². The van der Waals surface area contributed by atoms with Gasteiger partial charge in [-0.05, 0) is 39.2 Å². The third kappa shape index (κ3) is 2.31. The number of nitrogens with one attached hydrogen (secondary N) is 1. The fourth-order valence-electron chi connectivity index (χ4n) is 3.18. The summed E-state index contributed by atoms with van der Waals surface area (Å²) in [7, 11) is 0. The van der Waals surface area contributed by atoms with E-state index in [4.69, 9.17) is 4.74 Å². The third-order valence-electron chi connectivity index (χ3n) is 4.28. The smallest absolute Gasteiger partial charge is 0.0950 e.